The van der Waals surface area contributed by atoms with E-state index in [1.165, 1.54) is 6.21 Å². The number of halogens is 1. The van der Waals surface area contributed by atoms with Gasteiger partial charge in [-0.15, -0.1) is 0 Å². The third kappa shape index (κ3) is 8.68. The maximum absolute atomic E-state index is 12.9. The van der Waals surface area contributed by atoms with Gasteiger partial charge in [-0.3, -0.25) is 9.59 Å². The van der Waals surface area contributed by atoms with Gasteiger partial charge < -0.3 is 19.5 Å². The number of benzene rings is 4. The Balaban J connectivity index is 1.37. The highest BCUT2D eigenvalue weighted by atomic mass is 79.9. The lowest BCUT2D eigenvalue weighted by Crippen LogP contribution is -2.21. The summed E-state index contributed by atoms with van der Waals surface area (Å²) < 4.78 is 18.2. The molecule has 0 radical (unpaired) electrons. The molecular weight excluding hydrogens is 598 g/mol. The summed E-state index contributed by atoms with van der Waals surface area (Å²) in [7, 11) is 0. The molecule has 2 N–H and O–H groups in total. The Morgan fingerprint density at radius 2 is 1.62 bits per heavy atom. The van der Waals surface area contributed by atoms with Gasteiger partial charge in [0.15, 0.2) is 18.1 Å². The lowest BCUT2D eigenvalue weighted by atomic mass is 10.1. The smallest absolute Gasteiger partial charge is 0.271 e. The van der Waals surface area contributed by atoms with Crippen molar-refractivity contribution < 1.29 is 23.8 Å². The highest BCUT2D eigenvalue weighted by Crippen LogP contribution is 2.29. The van der Waals surface area contributed by atoms with Crippen LogP contribution in [0.15, 0.2) is 94.5 Å². The zero-order valence-electron chi connectivity index (χ0n) is 23.6. The number of carbonyl (C=O) groups excluding carboxylic acids is 2. The van der Waals surface area contributed by atoms with Gasteiger partial charge in [-0.2, -0.15) is 5.10 Å². The number of nitrogens with one attached hydrogen (secondary N) is 2. The van der Waals surface area contributed by atoms with Crippen molar-refractivity contribution in [2.45, 2.75) is 27.4 Å². The summed E-state index contributed by atoms with van der Waals surface area (Å²) in [6, 6.07) is 25.8. The zero-order chi connectivity index (χ0) is 29.9. The van der Waals surface area contributed by atoms with Gasteiger partial charge in [0.1, 0.15) is 12.4 Å². The SMILES string of the molecule is CCOc1cc(C(=O)N/N=C/c2cc(Br)ccc2OCC(=O)Nc2ccc(C)c(C)c2)ccc1OCc1ccccc1. The zero-order valence-corrected chi connectivity index (χ0v) is 25.2. The molecule has 0 aliphatic carbocycles. The van der Waals surface area contributed by atoms with E-state index in [-0.39, 0.29) is 12.5 Å². The molecule has 0 aromatic heterocycles. The van der Waals surface area contributed by atoms with Crippen LogP contribution in [0.1, 0.15) is 39.5 Å². The number of ether oxygens (including phenoxy) is 3. The number of hydrazone groups is 1. The molecule has 0 atom stereocenters. The minimum atomic E-state index is -0.424. The van der Waals surface area contributed by atoms with E-state index in [2.05, 4.69) is 31.8 Å². The molecule has 216 valence electrons. The van der Waals surface area contributed by atoms with E-state index >= 15 is 0 Å². The molecule has 0 bridgehead atoms. The molecule has 0 saturated heterocycles. The van der Waals surface area contributed by atoms with E-state index in [0.717, 1.165) is 21.2 Å². The Labute approximate surface area is 253 Å². The predicted molar refractivity (Wildman–Crippen MR) is 168 cm³/mol. The van der Waals surface area contributed by atoms with E-state index in [1.54, 1.807) is 36.4 Å². The molecule has 2 amide bonds. The number of anilines is 1. The van der Waals surface area contributed by atoms with E-state index in [0.29, 0.717) is 47.3 Å². The largest absolute Gasteiger partial charge is 0.490 e. The molecule has 4 aromatic carbocycles. The van der Waals surface area contributed by atoms with Gasteiger partial charge in [0.2, 0.25) is 0 Å². The summed E-state index contributed by atoms with van der Waals surface area (Å²) in [6.45, 7) is 6.46. The predicted octanol–water partition coefficient (Wildman–Crippen LogP) is 6.83. The van der Waals surface area contributed by atoms with Gasteiger partial charge in [-0.05, 0) is 86.0 Å². The Morgan fingerprint density at radius 3 is 2.38 bits per heavy atom. The quantitative estimate of drug-likeness (QED) is 0.132. The van der Waals surface area contributed by atoms with Gasteiger partial charge in [-0.1, -0.05) is 52.3 Å². The number of carbonyl (C=O) groups is 2. The van der Waals surface area contributed by atoms with Crippen molar-refractivity contribution in [3.8, 4) is 17.2 Å². The molecule has 8 nitrogen and oxygen atoms in total. The Bertz CT molecular complexity index is 1570. The third-order valence-corrected chi connectivity index (χ3v) is 6.73. The molecule has 4 rings (SSSR count). The molecule has 42 heavy (non-hydrogen) atoms. The molecule has 0 fully saturated rings. The minimum Gasteiger partial charge on any atom is -0.490 e. The number of hydrogen-bond acceptors (Lipinski definition) is 6. The van der Waals surface area contributed by atoms with Crippen LogP contribution < -0.4 is 25.0 Å². The fraction of sp³-hybridized carbons (Fsp3) is 0.182. The maximum Gasteiger partial charge on any atom is 0.271 e. The summed E-state index contributed by atoms with van der Waals surface area (Å²) in [5.74, 6) is 0.723. The summed E-state index contributed by atoms with van der Waals surface area (Å²) in [5, 5.41) is 6.95. The molecule has 0 unspecified atom stereocenters. The van der Waals surface area contributed by atoms with Crippen LogP contribution in [0.25, 0.3) is 0 Å². The lowest BCUT2D eigenvalue weighted by Gasteiger charge is -2.13. The van der Waals surface area contributed by atoms with Crippen molar-refractivity contribution in [2.75, 3.05) is 18.5 Å². The second kappa shape index (κ2) is 14.8. The molecule has 0 spiro atoms. The first kappa shape index (κ1) is 30.3. The summed E-state index contributed by atoms with van der Waals surface area (Å²) in [6.07, 6.45) is 1.46. The van der Waals surface area contributed by atoms with Gasteiger partial charge in [0.05, 0.1) is 12.8 Å². The average molecular weight is 631 g/mol. The van der Waals surface area contributed by atoms with Crippen molar-refractivity contribution >= 4 is 39.6 Å². The van der Waals surface area contributed by atoms with Crippen LogP contribution >= 0.6 is 15.9 Å². The molecule has 0 saturated carbocycles. The first-order chi connectivity index (χ1) is 20.3. The highest BCUT2D eigenvalue weighted by Gasteiger charge is 2.13. The molecule has 0 aliphatic heterocycles. The molecule has 9 heteroatoms. The van der Waals surface area contributed by atoms with Gasteiger partial charge in [-0.25, -0.2) is 5.43 Å². The second-order valence-electron chi connectivity index (χ2n) is 9.39. The Morgan fingerprint density at radius 1 is 0.833 bits per heavy atom. The van der Waals surface area contributed by atoms with E-state index in [4.69, 9.17) is 14.2 Å². The van der Waals surface area contributed by atoms with Crippen LogP contribution in [-0.4, -0.2) is 31.2 Å². The van der Waals surface area contributed by atoms with Crippen molar-refractivity contribution in [2.24, 2.45) is 5.10 Å². The van der Waals surface area contributed by atoms with Crippen LogP contribution in [0, 0.1) is 13.8 Å². The number of aryl methyl sites for hydroxylation is 2. The van der Waals surface area contributed by atoms with Crippen LogP contribution in [0.3, 0.4) is 0 Å². The monoisotopic (exact) mass is 629 g/mol. The lowest BCUT2D eigenvalue weighted by molar-refractivity contribution is -0.118. The highest BCUT2D eigenvalue weighted by molar-refractivity contribution is 9.10. The van der Waals surface area contributed by atoms with Crippen molar-refractivity contribution in [1.29, 1.82) is 0 Å². The van der Waals surface area contributed by atoms with E-state index < -0.39 is 5.91 Å². The number of amides is 2. The molecule has 0 heterocycles. The average Bonchev–Trinajstić information content (AvgIpc) is 2.98. The van der Waals surface area contributed by atoms with Crippen molar-refractivity contribution in [1.82, 2.24) is 5.43 Å². The van der Waals surface area contributed by atoms with Crippen LogP contribution in [0.5, 0.6) is 17.2 Å². The first-order valence-corrected chi connectivity index (χ1v) is 14.2. The van der Waals surface area contributed by atoms with E-state index in [1.807, 2.05) is 69.3 Å². The van der Waals surface area contributed by atoms with Crippen LogP contribution in [0.2, 0.25) is 0 Å². The summed E-state index contributed by atoms with van der Waals surface area (Å²) in [5.41, 5.74) is 7.42. The second-order valence-corrected chi connectivity index (χ2v) is 10.3. The fourth-order valence-corrected chi connectivity index (χ4v) is 4.29. The van der Waals surface area contributed by atoms with Crippen molar-refractivity contribution in [3.63, 3.8) is 0 Å². The number of rotatable bonds is 12. The number of hydrogen-bond donors (Lipinski definition) is 2. The molecular formula is C33H32BrN3O5. The minimum absolute atomic E-state index is 0.194. The summed E-state index contributed by atoms with van der Waals surface area (Å²) in [4.78, 5) is 25.3. The third-order valence-electron chi connectivity index (χ3n) is 6.23. The van der Waals surface area contributed by atoms with Gasteiger partial charge in [0.25, 0.3) is 11.8 Å². The van der Waals surface area contributed by atoms with Gasteiger partial charge in [0, 0.05) is 21.3 Å². The molecule has 4 aromatic rings. The van der Waals surface area contributed by atoms with Crippen molar-refractivity contribution in [3.05, 3.63) is 117 Å². The van der Waals surface area contributed by atoms with E-state index in [9.17, 15) is 9.59 Å². The molecule has 0 aliphatic rings. The Hall–Kier alpha value is -4.63. The summed E-state index contributed by atoms with van der Waals surface area (Å²) >= 11 is 3.44. The number of nitrogens with zero attached hydrogens (tertiary/aromatic N) is 1. The Kier molecular flexibility index (Phi) is 10.7. The standard InChI is InChI=1S/C33H32BrN3O5/c1-4-40-31-18-25(11-14-30(31)41-20-24-8-6-5-7-9-24)33(39)37-35-19-26-17-27(34)12-15-29(26)42-21-32(38)36-28-13-10-22(2)23(3)16-28/h5-19H,4,20-21H2,1-3H3,(H,36,38)(H,37,39)/b35-19+. The normalized spacial score (nSPS) is 10.8. The van der Waals surface area contributed by atoms with Gasteiger partial charge >= 0.3 is 0 Å². The first-order valence-electron chi connectivity index (χ1n) is 13.4. The maximum atomic E-state index is 12.9. The van der Waals surface area contributed by atoms with Crippen LogP contribution in [0.4, 0.5) is 5.69 Å². The topological polar surface area (TPSA) is 98.3 Å². The van der Waals surface area contributed by atoms with Crippen LogP contribution in [-0.2, 0) is 11.4 Å². The fourth-order valence-electron chi connectivity index (χ4n) is 3.91.